The summed E-state index contributed by atoms with van der Waals surface area (Å²) in [4.78, 5) is 58.5. The number of carbonyl (C=O) groups excluding carboxylic acids is 3. The first-order valence-electron chi connectivity index (χ1n) is 15.0. The third-order valence-corrected chi connectivity index (χ3v) is 12.4. The first-order chi connectivity index (χ1) is 22.3. The normalized spacial score (nSPS) is 27.3. The fraction of sp³-hybridized carbons (Fsp3) is 0.294. The quantitative estimate of drug-likeness (QED) is 0.260. The number of carbonyl (C=O) groups is 3. The van der Waals surface area contributed by atoms with Crippen LogP contribution in [0.15, 0.2) is 82.6 Å². The number of anilines is 2. The van der Waals surface area contributed by atoms with Crippen LogP contribution >= 0.6 is 23.1 Å². The maximum atomic E-state index is 14.0. The topological polar surface area (TPSA) is 118 Å². The van der Waals surface area contributed by atoms with Gasteiger partial charge in [0.2, 0.25) is 11.8 Å². The van der Waals surface area contributed by atoms with Gasteiger partial charge < -0.3 is 19.8 Å². The summed E-state index contributed by atoms with van der Waals surface area (Å²) in [7, 11) is 1.57. The molecule has 3 amide bonds. The highest BCUT2D eigenvalue weighted by molar-refractivity contribution is 8.00. The van der Waals surface area contributed by atoms with Crippen LogP contribution in [0.3, 0.4) is 0 Å². The second kappa shape index (κ2) is 11.1. The summed E-state index contributed by atoms with van der Waals surface area (Å²) < 4.78 is 24.7. The van der Waals surface area contributed by atoms with E-state index in [1.54, 1.807) is 49.2 Å². The van der Waals surface area contributed by atoms with Gasteiger partial charge in [0.1, 0.15) is 17.3 Å². The minimum Gasteiger partial charge on any atom is -0.497 e. The van der Waals surface area contributed by atoms with Gasteiger partial charge in [-0.05, 0) is 78.8 Å². The summed E-state index contributed by atoms with van der Waals surface area (Å²) >= 11 is 2.78. The minimum absolute atomic E-state index is 0.0106. The van der Waals surface area contributed by atoms with Crippen molar-refractivity contribution in [1.82, 2.24) is 4.98 Å². The van der Waals surface area contributed by atoms with E-state index in [-0.39, 0.29) is 52.2 Å². The van der Waals surface area contributed by atoms with Gasteiger partial charge in [0.15, 0.2) is 6.61 Å². The van der Waals surface area contributed by atoms with E-state index < -0.39 is 23.6 Å². The number of ether oxygens (including phenoxy) is 2. The Balaban J connectivity index is 1.11. The molecule has 3 heterocycles. The molecule has 7 atom stereocenters. The lowest BCUT2D eigenvalue weighted by atomic mass is 9.68. The predicted octanol–water partition coefficient (Wildman–Crippen LogP) is 5.28. The number of nitrogens with zero attached hydrogens (tertiary/aromatic N) is 1. The molecular weight excluding hydrogens is 630 g/mol. The summed E-state index contributed by atoms with van der Waals surface area (Å²) in [6.45, 7) is -0.277. The van der Waals surface area contributed by atoms with Crippen molar-refractivity contribution in [1.29, 1.82) is 0 Å². The molecule has 3 fully saturated rings. The van der Waals surface area contributed by atoms with Gasteiger partial charge in [0.05, 0.1) is 29.7 Å². The zero-order chi connectivity index (χ0) is 31.7. The molecular formula is C34H28FN3O6S2. The molecule has 1 saturated heterocycles. The zero-order valence-electron chi connectivity index (χ0n) is 24.5. The molecule has 12 heteroatoms. The lowest BCUT2D eigenvalue weighted by molar-refractivity contribution is -0.123. The zero-order valence-corrected chi connectivity index (χ0v) is 26.1. The standard InChI is InChI=1S/C34H28FN3O6S2/c1-43-19-12-10-18(11-13-19)38-32(40)27-21-14-22(28(27)33(38)41)29-26(21)25(30-31(45-29)37-34(42)46-30)20-4-2-3-5-23(20)44-15-24(39)36-17-8-6-16(35)7-9-17/h2-13,21-22,25-29H,14-15H2,1H3,(H,36,39)(H,37,42)/t21-,22-,25+,26-,27+,28+,29-/m1/s1. The summed E-state index contributed by atoms with van der Waals surface area (Å²) in [5.41, 5.74) is 1.82. The number of H-pyrrole nitrogens is 1. The lowest BCUT2D eigenvalue weighted by Gasteiger charge is -2.43. The third kappa shape index (κ3) is 4.57. The van der Waals surface area contributed by atoms with E-state index in [2.05, 4.69) is 10.3 Å². The average molecular weight is 658 g/mol. The van der Waals surface area contributed by atoms with Crippen molar-refractivity contribution in [2.45, 2.75) is 22.6 Å². The van der Waals surface area contributed by atoms with Crippen molar-refractivity contribution in [3.05, 3.63) is 98.7 Å². The molecule has 2 N–H and O–H groups in total. The number of methoxy groups -OCH3 is 1. The molecule has 4 aliphatic rings. The van der Waals surface area contributed by atoms with Crippen molar-refractivity contribution in [2.75, 3.05) is 23.9 Å². The Morgan fingerprint density at radius 1 is 0.978 bits per heavy atom. The van der Waals surface area contributed by atoms with Crippen LogP contribution in [-0.2, 0) is 14.4 Å². The third-order valence-electron chi connectivity index (χ3n) is 9.80. The number of hydrogen-bond acceptors (Lipinski definition) is 8. The van der Waals surface area contributed by atoms with Crippen LogP contribution in [0.25, 0.3) is 0 Å². The molecule has 46 heavy (non-hydrogen) atoms. The molecule has 234 valence electrons. The fourth-order valence-electron chi connectivity index (χ4n) is 8.09. The number of amides is 3. The Morgan fingerprint density at radius 3 is 2.43 bits per heavy atom. The maximum absolute atomic E-state index is 14.0. The van der Waals surface area contributed by atoms with Gasteiger partial charge in [-0.15, -0.1) is 11.8 Å². The van der Waals surface area contributed by atoms with E-state index in [0.29, 0.717) is 22.9 Å². The minimum atomic E-state index is -0.448. The Hall–Kier alpha value is -4.42. The molecule has 0 unspecified atom stereocenters. The van der Waals surface area contributed by atoms with Gasteiger partial charge in [-0.2, -0.15) is 0 Å². The molecule has 2 aliphatic heterocycles. The van der Waals surface area contributed by atoms with Crippen molar-refractivity contribution >= 4 is 52.2 Å². The van der Waals surface area contributed by atoms with Crippen LogP contribution in [0, 0.1) is 35.4 Å². The molecule has 3 aromatic carbocycles. The van der Waals surface area contributed by atoms with Crippen LogP contribution in [-0.4, -0.2) is 41.7 Å². The second-order valence-corrected chi connectivity index (χ2v) is 14.3. The number of benzene rings is 3. The Labute approximate surface area is 271 Å². The molecule has 0 radical (unpaired) electrons. The molecule has 2 aliphatic carbocycles. The van der Waals surface area contributed by atoms with E-state index in [4.69, 9.17) is 9.47 Å². The monoisotopic (exact) mass is 657 g/mol. The lowest BCUT2D eigenvalue weighted by Crippen LogP contribution is -2.42. The fourth-order valence-corrected chi connectivity index (χ4v) is 11.0. The number of hydrogen-bond donors (Lipinski definition) is 2. The number of halogens is 1. The summed E-state index contributed by atoms with van der Waals surface area (Å²) in [6, 6.07) is 19.9. The van der Waals surface area contributed by atoms with Crippen LogP contribution < -0.4 is 24.6 Å². The van der Waals surface area contributed by atoms with Crippen LogP contribution in [0.5, 0.6) is 11.5 Å². The Kier molecular flexibility index (Phi) is 7.02. The van der Waals surface area contributed by atoms with Crippen molar-refractivity contribution in [3.63, 3.8) is 0 Å². The van der Waals surface area contributed by atoms with E-state index in [9.17, 15) is 23.6 Å². The first-order valence-corrected chi connectivity index (χ1v) is 16.7. The Morgan fingerprint density at radius 2 is 1.70 bits per heavy atom. The highest BCUT2D eigenvalue weighted by Crippen LogP contribution is 2.69. The predicted molar refractivity (Wildman–Crippen MR) is 171 cm³/mol. The van der Waals surface area contributed by atoms with Crippen LogP contribution in [0.2, 0.25) is 0 Å². The maximum Gasteiger partial charge on any atom is 0.305 e. The molecule has 8 rings (SSSR count). The van der Waals surface area contributed by atoms with E-state index in [1.165, 1.54) is 29.2 Å². The first kappa shape index (κ1) is 29.0. The van der Waals surface area contributed by atoms with Crippen molar-refractivity contribution in [2.24, 2.45) is 29.6 Å². The summed E-state index contributed by atoms with van der Waals surface area (Å²) in [5, 5.41) is 3.52. The highest BCUT2D eigenvalue weighted by Gasteiger charge is 2.69. The van der Waals surface area contributed by atoms with Gasteiger partial charge in [-0.1, -0.05) is 29.5 Å². The largest absolute Gasteiger partial charge is 0.497 e. The number of thiazole rings is 1. The molecule has 2 bridgehead atoms. The summed E-state index contributed by atoms with van der Waals surface area (Å²) in [6.07, 6.45) is 0.754. The Bertz CT molecular complexity index is 1930. The number of aromatic nitrogens is 1. The number of fused-ring (bicyclic) bond motifs is 9. The molecule has 1 aromatic heterocycles. The molecule has 9 nitrogen and oxygen atoms in total. The van der Waals surface area contributed by atoms with Gasteiger partial charge in [0, 0.05) is 27.3 Å². The molecule has 4 aromatic rings. The van der Waals surface area contributed by atoms with Crippen LogP contribution in [0.1, 0.15) is 22.8 Å². The van der Waals surface area contributed by atoms with Gasteiger partial charge >= 0.3 is 4.87 Å². The van der Waals surface area contributed by atoms with E-state index >= 15 is 0 Å². The number of para-hydroxylation sites is 1. The van der Waals surface area contributed by atoms with Gasteiger partial charge in [-0.25, -0.2) is 4.39 Å². The molecule has 0 spiro atoms. The summed E-state index contributed by atoms with van der Waals surface area (Å²) in [5.74, 6) is -1.25. The van der Waals surface area contributed by atoms with Crippen LogP contribution in [0.4, 0.5) is 15.8 Å². The smallest absolute Gasteiger partial charge is 0.305 e. The highest BCUT2D eigenvalue weighted by atomic mass is 32.2. The van der Waals surface area contributed by atoms with E-state index in [0.717, 1.165) is 33.2 Å². The van der Waals surface area contributed by atoms with Crippen molar-refractivity contribution in [3.8, 4) is 11.5 Å². The number of nitrogens with one attached hydrogen (secondary N) is 2. The van der Waals surface area contributed by atoms with Gasteiger partial charge in [-0.3, -0.25) is 24.1 Å². The molecule has 2 saturated carbocycles. The number of imide groups is 1. The SMILES string of the molecule is COc1ccc(N2C(=O)[C@H]3[C@H]4C[C@@H]([C@@H]3C2=O)[C@@H]2[C@H](c3ccccc3OCC(=O)Nc3ccc(F)cc3)c3sc(=O)[nH]c3S[C@H]42)cc1. The number of thioether (sulfide) groups is 1. The average Bonchev–Trinajstić information content (AvgIpc) is 3.80. The second-order valence-electron chi connectivity index (χ2n) is 12.1. The van der Waals surface area contributed by atoms with E-state index in [1.807, 2.05) is 18.2 Å². The number of rotatable bonds is 7. The van der Waals surface area contributed by atoms with Gasteiger partial charge in [0.25, 0.3) is 5.91 Å². The van der Waals surface area contributed by atoms with Crippen molar-refractivity contribution < 1.29 is 28.2 Å². The number of aromatic amines is 1.